The van der Waals surface area contributed by atoms with Crippen LogP contribution in [0.25, 0.3) is 0 Å². The van der Waals surface area contributed by atoms with E-state index in [-0.39, 0.29) is 5.76 Å². The van der Waals surface area contributed by atoms with Gasteiger partial charge >= 0.3 is 5.97 Å². The lowest BCUT2D eigenvalue weighted by molar-refractivity contribution is -0.146. The van der Waals surface area contributed by atoms with Crippen molar-refractivity contribution >= 4 is 39.2 Å². The SMILES string of the molecule is C[Si](C)(C)OCC(O[Si](C)(C)C)C1OC(=O)C(O[Si](C)(C)C)=C1O[Si](C)(C)C. The van der Waals surface area contributed by atoms with Gasteiger partial charge in [-0.05, 0) is 78.6 Å². The lowest BCUT2D eigenvalue weighted by atomic mass is 10.2. The predicted molar refractivity (Wildman–Crippen MR) is 123 cm³/mol. The van der Waals surface area contributed by atoms with Crippen molar-refractivity contribution in [3.8, 4) is 0 Å². The van der Waals surface area contributed by atoms with E-state index in [1.165, 1.54) is 0 Å². The monoisotopic (exact) mass is 464 g/mol. The highest BCUT2D eigenvalue weighted by atomic mass is 28.4. The summed E-state index contributed by atoms with van der Waals surface area (Å²) in [7, 11) is -7.71. The summed E-state index contributed by atoms with van der Waals surface area (Å²) in [4.78, 5) is 12.7. The van der Waals surface area contributed by atoms with Crippen molar-refractivity contribution in [3.05, 3.63) is 11.5 Å². The molecule has 6 nitrogen and oxygen atoms in total. The number of hydrogen-bond acceptors (Lipinski definition) is 6. The van der Waals surface area contributed by atoms with Crippen molar-refractivity contribution in [2.75, 3.05) is 6.61 Å². The topological polar surface area (TPSA) is 63.2 Å². The molecule has 1 rings (SSSR count). The van der Waals surface area contributed by atoms with Gasteiger partial charge in [-0.15, -0.1) is 0 Å². The van der Waals surface area contributed by atoms with Crippen molar-refractivity contribution in [2.24, 2.45) is 0 Å². The third kappa shape index (κ3) is 9.40. The maximum absolute atomic E-state index is 12.7. The van der Waals surface area contributed by atoms with Crippen molar-refractivity contribution in [3.63, 3.8) is 0 Å². The lowest BCUT2D eigenvalue weighted by Gasteiger charge is -2.34. The fourth-order valence-corrected chi connectivity index (χ4v) is 5.93. The highest BCUT2D eigenvalue weighted by Gasteiger charge is 2.46. The average Bonchev–Trinajstić information content (AvgIpc) is 2.66. The van der Waals surface area contributed by atoms with E-state index in [9.17, 15) is 4.79 Å². The molecule has 1 aliphatic rings. The summed E-state index contributed by atoms with van der Waals surface area (Å²) in [6.07, 6.45) is -1.04. The summed E-state index contributed by atoms with van der Waals surface area (Å²) in [5.74, 6) is 0.260. The zero-order valence-corrected chi connectivity index (χ0v) is 23.8. The standard InChI is InChI=1S/C18H40O6Si4/c1-25(2,3)20-13-14(22-26(4,5)6)15-16(23-27(7,8)9)17(18(19)21-15)24-28(10,11)12/h14-15H,13H2,1-12H3. The van der Waals surface area contributed by atoms with E-state index in [0.717, 1.165) is 0 Å². The molecule has 0 aromatic carbocycles. The van der Waals surface area contributed by atoms with Gasteiger partial charge in [-0.3, -0.25) is 0 Å². The molecular weight excluding hydrogens is 425 g/mol. The Morgan fingerprint density at radius 1 is 0.786 bits per heavy atom. The van der Waals surface area contributed by atoms with Crippen molar-refractivity contribution < 1.29 is 27.2 Å². The van der Waals surface area contributed by atoms with E-state index in [2.05, 4.69) is 58.9 Å². The average molecular weight is 465 g/mol. The van der Waals surface area contributed by atoms with Gasteiger partial charge in [0.05, 0.1) is 6.61 Å². The quantitative estimate of drug-likeness (QED) is 0.338. The molecule has 0 amide bonds. The van der Waals surface area contributed by atoms with Gasteiger partial charge in [0, 0.05) is 0 Å². The molecule has 0 fully saturated rings. The third-order valence-corrected chi connectivity index (χ3v) is 6.94. The second kappa shape index (κ2) is 8.76. The van der Waals surface area contributed by atoms with Crippen LogP contribution in [0.2, 0.25) is 78.6 Å². The molecule has 0 N–H and O–H groups in total. The summed E-state index contributed by atoms with van der Waals surface area (Å²) in [6.45, 7) is 25.5. The number of esters is 1. The first-order valence-corrected chi connectivity index (χ1v) is 23.6. The molecule has 0 saturated carbocycles. The number of ether oxygens (including phenoxy) is 1. The van der Waals surface area contributed by atoms with Crippen LogP contribution >= 0.6 is 0 Å². The molecule has 0 saturated heterocycles. The molecule has 164 valence electrons. The minimum absolute atomic E-state index is 0.226. The Labute approximate surface area is 175 Å². The molecule has 28 heavy (non-hydrogen) atoms. The van der Waals surface area contributed by atoms with Crippen LogP contribution in [0.1, 0.15) is 0 Å². The molecule has 1 heterocycles. The predicted octanol–water partition coefficient (Wildman–Crippen LogP) is 4.90. The fraction of sp³-hybridized carbons (Fsp3) is 0.833. The summed E-state index contributed by atoms with van der Waals surface area (Å²) in [5, 5.41) is 0. The summed E-state index contributed by atoms with van der Waals surface area (Å²) >= 11 is 0. The number of hydrogen-bond donors (Lipinski definition) is 0. The van der Waals surface area contributed by atoms with Crippen molar-refractivity contribution in [2.45, 2.75) is 90.8 Å². The zero-order valence-electron chi connectivity index (χ0n) is 19.8. The van der Waals surface area contributed by atoms with E-state index in [0.29, 0.717) is 12.4 Å². The molecule has 1 aliphatic heterocycles. The van der Waals surface area contributed by atoms with Crippen LogP contribution in [0.15, 0.2) is 11.5 Å². The number of carbonyl (C=O) groups excluding carboxylic acids is 1. The van der Waals surface area contributed by atoms with Gasteiger partial charge in [0.15, 0.2) is 28.5 Å². The first-order chi connectivity index (χ1) is 12.3. The van der Waals surface area contributed by atoms with E-state index in [1.807, 2.05) is 19.6 Å². The van der Waals surface area contributed by atoms with Gasteiger partial charge < -0.3 is 22.4 Å². The van der Waals surface area contributed by atoms with Crippen LogP contribution in [0.3, 0.4) is 0 Å². The minimum atomic E-state index is -2.02. The van der Waals surface area contributed by atoms with Crippen molar-refractivity contribution in [1.82, 2.24) is 0 Å². The van der Waals surface area contributed by atoms with Crippen LogP contribution in [0, 0.1) is 0 Å². The Hall–Kier alpha value is -0.402. The molecule has 0 aromatic heterocycles. The Kier molecular flexibility index (Phi) is 8.02. The third-order valence-electron chi connectivity index (χ3n) is 3.25. The molecule has 0 spiro atoms. The maximum atomic E-state index is 12.7. The highest BCUT2D eigenvalue weighted by molar-refractivity contribution is 6.71. The minimum Gasteiger partial charge on any atom is -0.542 e. The molecule has 0 bridgehead atoms. The van der Waals surface area contributed by atoms with Crippen LogP contribution in [0.4, 0.5) is 0 Å². The normalized spacial score (nSPS) is 20.3. The summed E-state index contributed by atoms with van der Waals surface area (Å²) in [5.41, 5.74) is 0. The molecule has 0 aromatic rings. The molecular formula is C18H40O6Si4. The molecule has 10 heteroatoms. The number of carbonyl (C=O) groups is 1. The van der Waals surface area contributed by atoms with Crippen LogP contribution in [-0.2, 0) is 27.2 Å². The highest BCUT2D eigenvalue weighted by Crippen LogP contribution is 2.33. The summed E-state index contributed by atoms with van der Waals surface area (Å²) < 4.78 is 30.7. The Bertz CT molecular complexity index is 593. The number of rotatable bonds is 10. The van der Waals surface area contributed by atoms with E-state index in [4.69, 9.17) is 22.4 Å². The van der Waals surface area contributed by atoms with E-state index in [1.54, 1.807) is 0 Å². The fourth-order valence-electron chi connectivity index (χ4n) is 2.50. The van der Waals surface area contributed by atoms with Crippen LogP contribution in [0.5, 0.6) is 0 Å². The van der Waals surface area contributed by atoms with Crippen molar-refractivity contribution in [1.29, 1.82) is 0 Å². The lowest BCUT2D eigenvalue weighted by Crippen LogP contribution is -2.46. The van der Waals surface area contributed by atoms with Gasteiger partial charge in [0.2, 0.25) is 22.4 Å². The van der Waals surface area contributed by atoms with Gasteiger partial charge in [-0.25, -0.2) is 4.79 Å². The Morgan fingerprint density at radius 2 is 1.29 bits per heavy atom. The largest absolute Gasteiger partial charge is 0.542 e. The second-order valence-electron chi connectivity index (χ2n) is 11.1. The second-order valence-corrected chi connectivity index (χ2v) is 29.0. The Balaban J connectivity index is 3.33. The molecule has 2 atom stereocenters. The van der Waals surface area contributed by atoms with E-state index < -0.39 is 51.4 Å². The van der Waals surface area contributed by atoms with Gasteiger partial charge in [-0.1, -0.05) is 0 Å². The molecule has 0 aliphatic carbocycles. The Morgan fingerprint density at radius 3 is 1.68 bits per heavy atom. The first kappa shape index (κ1) is 25.6. The first-order valence-electron chi connectivity index (χ1n) is 9.92. The van der Waals surface area contributed by atoms with Gasteiger partial charge in [0.25, 0.3) is 0 Å². The smallest absolute Gasteiger partial charge is 0.376 e. The van der Waals surface area contributed by atoms with Gasteiger partial charge in [-0.2, -0.15) is 0 Å². The molecule has 0 radical (unpaired) electrons. The van der Waals surface area contributed by atoms with Crippen LogP contribution in [-0.4, -0.2) is 58.1 Å². The number of cyclic esters (lactones) is 1. The van der Waals surface area contributed by atoms with Crippen LogP contribution < -0.4 is 0 Å². The zero-order chi connectivity index (χ0) is 22.1. The maximum Gasteiger partial charge on any atom is 0.376 e. The van der Waals surface area contributed by atoms with E-state index >= 15 is 0 Å². The molecule has 2 unspecified atom stereocenters. The van der Waals surface area contributed by atoms with Gasteiger partial charge in [0.1, 0.15) is 6.10 Å². The summed E-state index contributed by atoms with van der Waals surface area (Å²) in [6, 6.07) is 0.